The predicted octanol–water partition coefficient (Wildman–Crippen LogP) is 3.03. The van der Waals surface area contributed by atoms with Gasteiger partial charge in [-0.1, -0.05) is 12.1 Å². The normalized spacial score (nSPS) is 10.4. The van der Waals surface area contributed by atoms with Crippen LogP contribution in [0.4, 0.5) is 15.9 Å². The van der Waals surface area contributed by atoms with E-state index in [1.54, 1.807) is 13.0 Å². The first kappa shape index (κ1) is 12.4. The molecular formula is C14H16FN3. The predicted molar refractivity (Wildman–Crippen MR) is 71.9 cm³/mol. The number of aromatic nitrogens is 1. The Morgan fingerprint density at radius 2 is 2.00 bits per heavy atom. The van der Waals surface area contributed by atoms with Crippen LogP contribution < -0.4 is 11.1 Å². The third kappa shape index (κ3) is 2.77. The molecule has 0 aliphatic carbocycles. The Morgan fingerprint density at radius 3 is 2.67 bits per heavy atom. The van der Waals surface area contributed by atoms with Crippen molar-refractivity contribution in [3.05, 3.63) is 53.0 Å². The van der Waals surface area contributed by atoms with E-state index in [1.807, 2.05) is 25.1 Å². The summed E-state index contributed by atoms with van der Waals surface area (Å²) in [6, 6.07) is 8.72. The van der Waals surface area contributed by atoms with Crippen LogP contribution >= 0.6 is 0 Å². The first-order valence-electron chi connectivity index (χ1n) is 5.78. The van der Waals surface area contributed by atoms with Gasteiger partial charge in [-0.25, -0.2) is 9.37 Å². The Labute approximate surface area is 106 Å². The molecule has 3 nitrogen and oxygen atoms in total. The van der Waals surface area contributed by atoms with Crippen LogP contribution in [0.2, 0.25) is 0 Å². The first-order chi connectivity index (χ1) is 8.56. The second-order valence-electron chi connectivity index (χ2n) is 4.31. The largest absolute Gasteiger partial charge is 0.397 e. The summed E-state index contributed by atoms with van der Waals surface area (Å²) in [6.07, 6.45) is 0. The van der Waals surface area contributed by atoms with Gasteiger partial charge in [-0.15, -0.1) is 0 Å². The van der Waals surface area contributed by atoms with Crippen molar-refractivity contribution in [2.45, 2.75) is 20.4 Å². The van der Waals surface area contributed by atoms with Crippen molar-refractivity contribution < 1.29 is 4.39 Å². The summed E-state index contributed by atoms with van der Waals surface area (Å²) in [7, 11) is 0. The highest BCUT2D eigenvalue weighted by Crippen LogP contribution is 2.14. The number of nitrogens with zero attached hydrogens (tertiary/aromatic N) is 1. The number of nitrogen functional groups attached to an aromatic ring is 1. The molecule has 4 heteroatoms. The van der Waals surface area contributed by atoms with Crippen LogP contribution in [-0.2, 0) is 6.54 Å². The highest BCUT2D eigenvalue weighted by Gasteiger charge is 2.01. The SMILES string of the molecule is Cc1cc(CNc2ccc(N)c(C)n2)ccc1F. The van der Waals surface area contributed by atoms with Crippen LogP contribution in [-0.4, -0.2) is 4.98 Å². The Bertz CT molecular complexity index is 515. The lowest BCUT2D eigenvalue weighted by molar-refractivity contribution is 0.617. The minimum absolute atomic E-state index is 0.180. The van der Waals surface area contributed by atoms with E-state index in [2.05, 4.69) is 10.3 Å². The lowest BCUT2D eigenvalue weighted by Crippen LogP contribution is -2.03. The molecule has 0 aliphatic rings. The lowest BCUT2D eigenvalue weighted by atomic mass is 10.1. The molecule has 1 heterocycles. The average Bonchev–Trinajstić information content (AvgIpc) is 2.35. The van der Waals surface area contributed by atoms with Gasteiger partial charge in [-0.05, 0) is 43.2 Å². The molecule has 0 unspecified atom stereocenters. The summed E-state index contributed by atoms with van der Waals surface area (Å²) < 4.78 is 13.1. The van der Waals surface area contributed by atoms with Crippen molar-refractivity contribution in [2.24, 2.45) is 0 Å². The topological polar surface area (TPSA) is 50.9 Å². The summed E-state index contributed by atoms with van der Waals surface area (Å²) in [5.74, 6) is 0.587. The summed E-state index contributed by atoms with van der Waals surface area (Å²) in [5, 5.41) is 3.19. The monoisotopic (exact) mass is 245 g/mol. The molecule has 2 aromatic rings. The van der Waals surface area contributed by atoms with E-state index in [4.69, 9.17) is 5.73 Å². The molecule has 0 bridgehead atoms. The van der Waals surface area contributed by atoms with Gasteiger partial charge >= 0.3 is 0 Å². The number of pyridine rings is 1. The molecule has 1 aromatic heterocycles. The standard InChI is InChI=1S/C14H16FN3/c1-9-7-11(3-4-12(9)15)8-17-14-6-5-13(16)10(2)18-14/h3-7H,8,16H2,1-2H3,(H,17,18). The number of nitrogens with two attached hydrogens (primary N) is 1. The van der Waals surface area contributed by atoms with E-state index in [-0.39, 0.29) is 5.82 Å². The highest BCUT2D eigenvalue weighted by atomic mass is 19.1. The number of halogens is 1. The van der Waals surface area contributed by atoms with Crippen LogP contribution in [0.5, 0.6) is 0 Å². The van der Waals surface area contributed by atoms with Crippen LogP contribution in [0.1, 0.15) is 16.8 Å². The number of hydrogen-bond donors (Lipinski definition) is 2. The number of benzene rings is 1. The summed E-state index contributed by atoms with van der Waals surface area (Å²) in [6.45, 7) is 4.23. The molecule has 1 aromatic carbocycles. The van der Waals surface area contributed by atoms with Gasteiger partial charge in [-0.3, -0.25) is 0 Å². The molecule has 3 N–H and O–H groups in total. The van der Waals surface area contributed by atoms with Crippen molar-refractivity contribution in [2.75, 3.05) is 11.1 Å². The van der Waals surface area contributed by atoms with Crippen LogP contribution in [0.15, 0.2) is 30.3 Å². The van der Waals surface area contributed by atoms with E-state index in [0.717, 1.165) is 17.1 Å². The van der Waals surface area contributed by atoms with Crippen molar-refractivity contribution in [1.82, 2.24) is 4.98 Å². The molecule has 0 saturated carbocycles. The maximum absolute atomic E-state index is 13.1. The van der Waals surface area contributed by atoms with E-state index < -0.39 is 0 Å². The Hall–Kier alpha value is -2.10. The average molecular weight is 245 g/mol. The summed E-state index contributed by atoms with van der Waals surface area (Å²) >= 11 is 0. The van der Waals surface area contributed by atoms with E-state index >= 15 is 0 Å². The molecule has 0 spiro atoms. The molecule has 0 fully saturated rings. The first-order valence-corrected chi connectivity index (χ1v) is 5.78. The minimum atomic E-state index is -0.180. The number of nitrogens with one attached hydrogen (secondary N) is 1. The van der Waals surface area contributed by atoms with E-state index in [1.165, 1.54) is 6.07 Å². The van der Waals surface area contributed by atoms with Gasteiger partial charge in [0.15, 0.2) is 0 Å². The molecule has 0 saturated heterocycles. The third-order valence-electron chi connectivity index (χ3n) is 2.82. The van der Waals surface area contributed by atoms with E-state index in [9.17, 15) is 4.39 Å². The van der Waals surface area contributed by atoms with Gasteiger partial charge < -0.3 is 11.1 Å². The number of aryl methyl sites for hydroxylation is 2. The van der Waals surface area contributed by atoms with E-state index in [0.29, 0.717) is 17.8 Å². The Kier molecular flexibility index (Phi) is 3.46. The Balaban J connectivity index is 2.06. The Morgan fingerprint density at radius 1 is 1.22 bits per heavy atom. The number of hydrogen-bond acceptors (Lipinski definition) is 3. The molecular weight excluding hydrogens is 229 g/mol. The van der Waals surface area contributed by atoms with Gasteiger partial charge in [0.25, 0.3) is 0 Å². The summed E-state index contributed by atoms with van der Waals surface area (Å²) in [4.78, 5) is 4.32. The van der Waals surface area contributed by atoms with Gasteiger partial charge in [0.2, 0.25) is 0 Å². The van der Waals surface area contributed by atoms with Crippen LogP contribution in [0.25, 0.3) is 0 Å². The molecule has 0 amide bonds. The highest BCUT2D eigenvalue weighted by molar-refractivity contribution is 5.49. The second kappa shape index (κ2) is 5.04. The van der Waals surface area contributed by atoms with Gasteiger partial charge in [-0.2, -0.15) is 0 Å². The van der Waals surface area contributed by atoms with Crippen molar-refractivity contribution >= 4 is 11.5 Å². The fraction of sp³-hybridized carbons (Fsp3) is 0.214. The molecule has 94 valence electrons. The van der Waals surface area contributed by atoms with Gasteiger partial charge in [0.1, 0.15) is 11.6 Å². The second-order valence-corrected chi connectivity index (χ2v) is 4.31. The fourth-order valence-electron chi connectivity index (χ4n) is 1.68. The quantitative estimate of drug-likeness (QED) is 0.873. The van der Waals surface area contributed by atoms with Crippen LogP contribution in [0.3, 0.4) is 0 Å². The smallest absolute Gasteiger partial charge is 0.126 e. The summed E-state index contributed by atoms with van der Waals surface area (Å²) in [5.41, 5.74) is 8.85. The van der Waals surface area contributed by atoms with Gasteiger partial charge in [0, 0.05) is 6.54 Å². The molecule has 0 radical (unpaired) electrons. The number of rotatable bonds is 3. The third-order valence-corrected chi connectivity index (χ3v) is 2.82. The van der Waals surface area contributed by atoms with Crippen molar-refractivity contribution in [1.29, 1.82) is 0 Å². The molecule has 18 heavy (non-hydrogen) atoms. The molecule has 0 atom stereocenters. The fourth-order valence-corrected chi connectivity index (χ4v) is 1.68. The maximum atomic E-state index is 13.1. The zero-order valence-electron chi connectivity index (χ0n) is 10.5. The molecule has 2 rings (SSSR count). The molecule has 0 aliphatic heterocycles. The number of anilines is 2. The zero-order chi connectivity index (χ0) is 13.1. The van der Waals surface area contributed by atoms with Crippen molar-refractivity contribution in [3.8, 4) is 0 Å². The zero-order valence-corrected chi connectivity index (χ0v) is 10.5. The minimum Gasteiger partial charge on any atom is -0.397 e. The van der Waals surface area contributed by atoms with Crippen molar-refractivity contribution in [3.63, 3.8) is 0 Å². The lowest BCUT2D eigenvalue weighted by Gasteiger charge is -2.08. The maximum Gasteiger partial charge on any atom is 0.126 e. The van der Waals surface area contributed by atoms with Gasteiger partial charge in [0.05, 0.1) is 11.4 Å². The van der Waals surface area contributed by atoms with Crippen LogP contribution in [0, 0.1) is 19.7 Å².